The summed E-state index contributed by atoms with van der Waals surface area (Å²) in [4.78, 5) is 29.8. The van der Waals surface area contributed by atoms with Crippen molar-refractivity contribution in [1.82, 2.24) is 14.9 Å². The molecule has 2 N–H and O–H groups in total. The molecule has 0 unspecified atom stereocenters. The molecule has 1 aromatic heterocycles. The molecule has 0 aliphatic heterocycles. The molecule has 0 amide bonds. The molecular formula is C13H17N3O3. The van der Waals surface area contributed by atoms with Gasteiger partial charge in [0, 0.05) is 6.54 Å². The number of fused-ring (bicyclic) bond motifs is 1. The number of ether oxygens (including phenoxy) is 1. The summed E-state index contributed by atoms with van der Waals surface area (Å²) in [7, 11) is 1.85. The smallest absolute Gasteiger partial charge is 0.323 e. The van der Waals surface area contributed by atoms with E-state index in [4.69, 9.17) is 4.74 Å². The van der Waals surface area contributed by atoms with Gasteiger partial charge in [0.2, 0.25) is 0 Å². The number of hydrogen-bond donors (Lipinski definition) is 2. The molecule has 6 nitrogen and oxygen atoms in total. The molecule has 102 valence electrons. The first kappa shape index (κ1) is 13.4. The second-order valence-corrected chi connectivity index (χ2v) is 4.44. The van der Waals surface area contributed by atoms with Gasteiger partial charge in [-0.1, -0.05) is 6.07 Å². The van der Waals surface area contributed by atoms with Crippen LogP contribution in [0.1, 0.15) is 12.5 Å². The van der Waals surface area contributed by atoms with Crippen LogP contribution in [0, 0.1) is 0 Å². The van der Waals surface area contributed by atoms with Crippen molar-refractivity contribution >= 4 is 17.0 Å². The first-order chi connectivity index (χ1) is 9.08. The van der Waals surface area contributed by atoms with E-state index < -0.39 is 0 Å². The summed E-state index contributed by atoms with van der Waals surface area (Å²) in [6.45, 7) is 3.04. The summed E-state index contributed by atoms with van der Waals surface area (Å²) in [6, 6.07) is 5.67. The number of aromatic nitrogens is 2. The molecule has 0 bridgehead atoms. The number of aromatic amines is 2. The highest BCUT2D eigenvalue weighted by Gasteiger charge is 2.08. The van der Waals surface area contributed by atoms with Crippen LogP contribution >= 0.6 is 0 Å². The molecule has 0 spiro atoms. The van der Waals surface area contributed by atoms with Crippen LogP contribution in [0.25, 0.3) is 11.0 Å². The van der Waals surface area contributed by atoms with E-state index in [0.717, 1.165) is 16.6 Å². The van der Waals surface area contributed by atoms with Gasteiger partial charge in [-0.2, -0.15) is 0 Å². The number of rotatable bonds is 5. The lowest BCUT2D eigenvalue weighted by atomic mass is 10.2. The van der Waals surface area contributed by atoms with Crippen LogP contribution < -0.4 is 5.69 Å². The quantitative estimate of drug-likeness (QED) is 0.784. The van der Waals surface area contributed by atoms with E-state index in [9.17, 15) is 9.59 Å². The molecule has 0 saturated heterocycles. The Morgan fingerprint density at radius 3 is 2.79 bits per heavy atom. The average Bonchev–Trinajstić information content (AvgIpc) is 2.68. The maximum atomic E-state index is 11.3. The normalized spacial score (nSPS) is 11.1. The third-order valence-corrected chi connectivity index (χ3v) is 2.74. The Morgan fingerprint density at radius 1 is 1.32 bits per heavy atom. The predicted molar refractivity (Wildman–Crippen MR) is 71.9 cm³/mol. The maximum Gasteiger partial charge on any atom is 0.323 e. The average molecular weight is 263 g/mol. The first-order valence-electron chi connectivity index (χ1n) is 6.13. The number of esters is 1. The molecule has 0 saturated carbocycles. The van der Waals surface area contributed by atoms with Crippen LogP contribution in [0.3, 0.4) is 0 Å². The summed E-state index contributed by atoms with van der Waals surface area (Å²) in [5, 5.41) is 0. The molecule has 1 aromatic carbocycles. The van der Waals surface area contributed by atoms with Crippen molar-refractivity contribution < 1.29 is 9.53 Å². The Balaban J connectivity index is 2.04. The standard InChI is InChI=1S/C13H17N3O3/c1-3-19-12(17)8-16(2)7-9-4-5-10-11(6-9)15-13(18)14-10/h4-6H,3,7-8H2,1-2H3,(H2,14,15,18). The van der Waals surface area contributed by atoms with E-state index in [1.807, 2.05) is 30.1 Å². The van der Waals surface area contributed by atoms with E-state index in [-0.39, 0.29) is 18.2 Å². The van der Waals surface area contributed by atoms with E-state index in [1.54, 1.807) is 6.92 Å². The Hall–Kier alpha value is -2.08. The Bertz CT molecular complexity index is 629. The van der Waals surface area contributed by atoms with Gasteiger partial charge in [-0.05, 0) is 31.7 Å². The summed E-state index contributed by atoms with van der Waals surface area (Å²) in [5.74, 6) is -0.235. The van der Waals surface area contributed by atoms with Gasteiger partial charge in [0.15, 0.2) is 0 Å². The molecule has 0 fully saturated rings. The number of benzene rings is 1. The molecule has 2 rings (SSSR count). The third-order valence-electron chi connectivity index (χ3n) is 2.74. The summed E-state index contributed by atoms with van der Waals surface area (Å²) in [5.41, 5.74) is 2.36. The van der Waals surface area contributed by atoms with Crippen LogP contribution in [0.15, 0.2) is 23.0 Å². The lowest BCUT2D eigenvalue weighted by Crippen LogP contribution is -2.26. The zero-order valence-corrected chi connectivity index (χ0v) is 11.0. The summed E-state index contributed by atoms with van der Waals surface area (Å²) >= 11 is 0. The first-order valence-corrected chi connectivity index (χ1v) is 6.13. The molecular weight excluding hydrogens is 246 g/mol. The largest absolute Gasteiger partial charge is 0.465 e. The molecule has 0 aliphatic carbocycles. The molecule has 0 atom stereocenters. The molecule has 6 heteroatoms. The lowest BCUT2D eigenvalue weighted by Gasteiger charge is -2.15. The Morgan fingerprint density at radius 2 is 2.05 bits per heavy atom. The fraction of sp³-hybridized carbons (Fsp3) is 0.385. The van der Waals surface area contributed by atoms with Gasteiger partial charge in [0.1, 0.15) is 0 Å². The number of carbonyl (C=O) groups is 1. The van der Waals surface area contributed by atoms with Gasteiger partial charge in [-0.15, -0.1) is 0 Å². The van der Waals surface area contributed by atoms with Crippen molar-refractivity contribution in [2.45, 2.75) is 13.5 Å². The van der Waals surface area contributed by atoms with Crippen LogP contribution in [-0.4, -0.2) is 41.0 Å². The highest BCUT2D eigenvalue weighted by Crippen LogP contribution is 2.11. The summed E-state index contributed by atoms with van der Waals surface area (Å²) in [6.07, 6.45) is 0. The van der Waals surface area contributed by atoms with Crippen molar-refractivity contribution in [1.29, 1.82) is 0 Å². The van der Waals surface area contributed by atoms with Crippen LogP contribution in [0.5, 0.6) is 0 Å². The predicted octanol–water partition coefficient (Wildman–Crippen LogP) is 0.851. The summed E-state index contributed by atoms with van der Waals surface area (Å²) < 4.78 is 4.89. The number of H-pyrrole nitrogens is 2. The maximum absolute atomic E-state index is 11.3. The van der Waals surface area contributed by atoms with Crippen LogP contribution in [0.4, 0.5) is 0 Å². The zero-order valence-electron chi connectivity index (χ0n) is 11.0. The fourth-order valence-corrected chi connectivity index (χ4v) is 1.97. The van der Waals surface area contributed by atoms with Gasteiger partial charge in [0.25, 0.3) is 0 Å². The number of nitrogens with one attached hydrogen (secondary N) is 2. The van der Waals surface area contributed by atoms with Crippen molar-refractivity contribution in [2.24, 2.45) is 0 Å². The topological polar surface area (TPSA) is 78.2 Å². The minimum absolute atomic E-state index is 0.216. The zero-order chi connectivity index (χ0) is 13.8. The minimum Gasteiger partial charge on any atom is -0.465 e. The Kier molecular flexibility index (Phi) is 4.01. The van der Waals surface area contributed by atoms with E-state index in [1.165, 1.54) is 0 Å². The van der Waals surface area contributed by atoms with Crippen molar-refractivity contribution in [3.63, 3.8) is 0 Å². The van der Waals surface area contributed by atoms with Crippen molar-refractivity contribution in [3.05, 3.63) is 34.2 Å². The number of likely N-dealkylation sites (N-methyl/N-ethyl adjacent to an activating group) is 1. The van der Waals surface area contributed by atoms with Crippen LogP contribution in [0.2, 0.25) is 0 Å². The van der Waals surface area contributed by atoms with E-state index in [2.05, 4.69) is 9.97 Å². The minimum atomic E-state index is -0.235. The lowest BCUT2D eigenvalue weighted by molar-refractivity contribution is -0.144. The number of carbonyl (C=O) groups excluding carboxylic acids is 1. The van der Waals surface area contributed by atoms with Crippen molar-refractivity contribution in [3.8, 4) is 0 Å². The molecule has 0 radical (unpaired) electrons. The number of hydrogen-bond acceptors (Lipinski definition) is 4. The van der Waals surface area contributed by atoms with Gasteiger partial charge >= 0.3 is 11.7 Å². The highest BCUT2D eigenvalue weighted by molar-refractivity contribution is 5.75. The van der Waals surface area contributed by atoms with Crippen LogP contribution in [-0.2, 0) is 16.1 Å². The molecule has 0 aliphatic rings. The second-order valence-electron chi connectivity index (χ2n) is 4.44. The van der Waals surface area contributed by atoms with Gasteiger partial charge in [0.05, 0.1) is 24.2 Å². The SMILES string of the molecule is CCOC(=O)CN(C)Cc1ccc2[nH]c(=O)[nH]c2c1. The number of nitrogens with zero attached hydrogens (tertiary/aromatic N) is 1. The monoisotopic (exact) mass is 263 g/mol. The second kappa shape index (κ2) is 5.71. The van der Waals surface area contributed by atoms with E-state index in [0.29, 0.717) is 13.2 Å². The van der Waals surface area contributed by atoms with E-state index >= 15 is 0 Å². The van der Waals surface area contributed by atoms with Gasteiger partial charge in [-0.25, -0.2) is 4.79 Å². The molecule has 19 heavy (non-hydrogen) atoms. The number of imidazole rings is 1. The van der Waals surface area contributed by atoms with Gasteiger partial charge < -0.3 is 14.7 Å². The fourth-order valence-electron chi connectivity index (χ4n) is 1.97. The Labute approximate surface area is 110 Å². The van der Waals surface area contributed by atoms with Crippen molar-refractivity contribution in [2.75, 3.05) is 20.2 Å². The third kappa shape index (κ3) is 3.45. The molecule has 2 aromatic rings. The molecule has 1 heterocycles. The highest BCUT2D eigenvalue weighted by atomic mass is 16.5. The van der Waals surface area contributed by atoms with Gasteiger partial charge in [-0.3, -0.25) is 9.69 Å².